The van der Waals surface area contributed by atoms with E-state index in [4.69, 9.17) is 11.6 Å². The largest absolute Gasteiger partial charge is 0.349 e. The summed E-state index contributed by atoms with van der Waals surface area (Å²) in [6, 6.07) is 0. The predicted octanol–water partition coefficient (Wildman–Crippen LogP) is 1.21. The summed E-state index contributed by atoms with van der Waals surface area (Å²) in [5.74, 6) is 0.129. The maximum absolute atomic E-state index is 11.3. The third-order valence-electron chi connectivity index (χ3n) is 1.26. The molecule has 6 heteroatoms. The number of hydrogen-bond donors (Lipinski definition) is 1. The fraction of sp³-hybridized carbons (Fsp3) is 0.286. The van der Waals surface area contributed by atoms with Crippen LogP contribution in [0, 0.1) is 0 Å². The van der Waals surface area contributed by atoms with Crippen LogP contribution in [-0.2, 0) is 0 Å². The molecule has 0 aliphatic carbocycles. The summed E-state index contributed by atoms with van der Waals surface area (Å²) in [4.78, 5) is 18.9. The minimum Gasteiger partial charge on any atom is -0.349 e. The average Bonchev–Trinajstić information content (AvgIpc) is 2.15. The van der Waals surface area contributed by atoms with Crippen LogP contribution in [0.1, 0.15) is 10.5 Å². The lowest BCUT2D eigenvalue weighted by atomic mass is 10.4. The molecule has 0 radical (unpaired) electrons. The van der Waals surface area contributed by atoms with Crippen molar-refractivity contribution < 1.29 is 4.79 Å². The van der Waals surface area contributed by atoms with Gasteiger partial charge in [0.1, 0.15) is 12.0 Å². The molecule has 1 rings (SSSR count). The Labute approximate surface area is 88.8 Å². The van der Waals surface area contributed by atoms with Crippen LogP contribution in [0.3, 0.4) is 0 Å². The van der Waals surface area contributed by atoms with Crippen molar-refractivity contribution in [2.24, 2.45) is 0 Å². The summed E-state index contributed by atoms with van der Waals surface area (Å²) in [5.41, 5.74) is 0.320. The first-order valence-corrected chi connectivity index (χ1v) is 4.88. The van der Waals surface area contributed by atoms with Crippen molar-refractivity contribution in [3.8, 4) is 0 Å². The highest BCUT2D eigenvalue weighted by atomic mass is 79.9. The van der Waals surface area contributed by atoms with Crippen molar-refractivity contribution in [2.75, 3.05) is 12.4 Å². The van der Waals surface area contributed by atoms with Crippen molar-refractivity contribution in [1.82, 2.24) is 15.3 Å². The summed E-state index contributed by atoms with van der Waals surface area (Å²) in [5, 5.41) is 2.60. The fourth-order valence-electron chi connectivity index (χ4n) is 0.724. The summed E-state index contributed by atoms with van der Waals surface area (Å²) in [6.07, 6.45) is 2.84. The lowest BCUT2D eigenvalue weighted by molar-refractivity contribution is 0.0950. The lowest BCUT2D eigenvalue weighted by Crippen LogP contribution is -2.26. The van der Waals surface area contributed by atoms with Gasteiger partial charge < -0.3 is 5.32 Å². The average molecular weight is 265 g/mol. The van der Waals surface area contributed by atoms with E-state index in [2.05, 4.69) is 31.2 Å². The molecule has 1 aromatic heterocycles. The number of rotatable bonds is 3. The van der Waals surface area contributed by atoms with Gasteiger partial charge in [0.25, 0.3) is 5.91 Å². The molecule has 4 nitrogen and oxygen atoms in total. The molecule has 0 saturated carbocycles. The molecular formula is C7H7BrClN3O. The van der Waals surface area contributed by atoms with Crippen molar-refractivity contribution in [3.05, 3.63) is 22.7 Å². The molecule has 1 aromatic rings. The number of nitrogens with zero attached hydrogens (tertiary/aromatic N) is 2. The molecule has 0 unspecified atom stereocenters. The zero-order valence-corrected chi connectivity index (χ0v) is 8.97. The summed E-state index contributed by atoms with van der Waals surface area (Å²) >= 11 is 8.58. The zero-order chi connectivity index (χ0) is 9.68. The van der Waals surface area contributed by atoms with Crippen LogP contribution in [0.5, 0.6) is 0 Å². The smallest absolute Gasteiger partial charge is 0.271 e. The number of aromatic nitrogens is 2. The third-order valence-corrected chi connectivity index (χ3v) is 2.03. The minimum atomic E-state index is -0.255. The Morgan fingerprint density at radius 2 is 2.46 bits per heavy atom. The number of alkyl halides is 1. The van der Waals surface area contributed by atoms with Gasteiger partial charge in [0, 0.05) is 18.6 Å². The first kappa shape index (κ1) is 10.4. The Morgan fingerprint density at radius 3 is 3.08 bits per heavy atom. The maximum Gasteiger partial charge on any atom is 0.271 e. The highest BCUT2D eigenvalue weighted by molar-refractivity contribution is 9.10. The minimum absolute atomic E-state index is 0.255. The van der Waals surface area contributed by atoms with Crippen molar-refractivity contribution in [2.45, 2.75) is 0 Å². The van der Waals surface area contributed by atoms with E-state index in [0.29, 0.717) is 22.6 Å². The topological polar surface area (TPSA) is 54.9 Å². The lowest BCUT2D eigenvalue weighted by Gasteiger charge is -2.02. The van der Waals surface area contributed by atoms with Crippen LogP contribution < -0.4 is 5.32 Å². The van der Waals surface area contributed by atoms with Gasteiger partial charge in [-0.25, -0.2) is 9.97 Å². The van der Waals surface area contributed by atoms with Gasteiger partial charge in [0.05, 0.1) is 4.47 Å². The number of halogens is 2. The van der Waals surface area contributed by atoms with Crippen molar-refractivity contribution >= 4 is 33.4 Å². The fourth-order valence-corrected chi connectivity index (χ4v) is 1.22. The SMILES string of the molecule is O=C(NCCCl)c1ncncc1Br. The quantitative estimate of drug-likeness (QED) is 0.835. The van der Waals surface area contributed by atoms with Gasteiger partial charge in [-0.2, -0.15) is 0 Å². The first-order chi connectivity index (χ1) is 6.25. The Balaban J connectivity index is 2.71. The Morgan fingerprint density at radius 1 is 1.69 bits per heavy atom. The number of carbonyl (C=O) groups excluding carboxylic acids is 1. The Kier molecular flexibility index (Phi) is 4.11. The Bertz CT molecular complexity index is 308. The molecule has 1 heterocycles. The molecule has 70 valence electrons. The molecule has 1 N–H and O–H groups in total. The molecule has 0 bridgehead atoms. The van der Waals surface area contributed by atoms with Crippen molar-refractivity contribution in [1.29, 1.82) is 0 Å². The third kappa shape index (κ3) is 2.93. The van der Waals surface area contributed by atoms with Crippen molar-refractivity contribution in [3.63, 3.8) is 0 Å². The van der Waals surface area contributed by atoms with Crippen LogP contribution in [0.2, 0.25) is 0 Å². The Hall–Kier alpha value is -0.680. The maximum atomic E-state index is 11.3. The molecule has 0 aromatic carbocycles. The molecule has 0 spiro atoms. The van der Waals surface area contributed by atoms with E-state index in [1.165, 1.54) is 12.5 Å². The van der Waals surface area contributed by atoms with Gasteiger partial charge in [-0.05, 0) is 15.9 Å². The second-order valence-corrected chi connectivity index (χ2v) is 3.40. The van der Waals surface area contributed by atoms with E-state index in [1.54, 1.807) is 0 Å². The summed E-state index contributed by atoms with van der Waals surface area (Å²) < 4.78 is 0.571. The molecule has 0 aliphatic rings. The van der Waals surface area contributed by atoms with E-state index in [0.717, 1.165) is 0 Å². The van der Waals surface area contributed by atoms with E-state index in [9.17, 15) is 4.79 Å². The van der Waals surface area contributed by atoms with Gasteiger partial charge in [0.15, 0.2) is 0 Å². The van der Waals surface area contributed by atoms with E-state index >= 15 is 0 Å². The van der Waals surface area contributed by atoms with Crippen LogP contribution >= 0.6 is 27.5 Å². The molecule has 13 heavy (non-hydrogen) atoms. The monoisotopic (exact) mass is 263 g/mol. The second-order valence-electron chi connectivity index (χ2n) is 2.16. The number of hydrogen-bond acceptors (Lipinski definition) is 3. The highest BCUT2D eigenvalue weighted by Gasteiger charge is 2.09. The van der Waals surface area contributed by atoms with Gasteiger partial charge >= 0.3 is 0 Å². The molecule has 0 atom stereocenters. The van der Waals surface area contributed by atoms with Crippen LogP contribution in [0.4, 0.5) is 0 Å². The van der Waals surface area contributed by atoms with Crippen LogP contribution in [-0.4, -0.2) is 28.3 Å². The molecule has 1 amide bonds. The summed E-state index contributed by atoms with van der Waals surface area (Å²) in [6.45, 7) is 0.427. The number of amides is 1. The second kappa shape index (κ2) is 5.14. The predicted molar refractivity (Wildman–Crippen MR) is 52.8 cm³/mol. The van der Waals surface area contributed by atoms with E-state index < -0.39 is 0 Å². The number of carbonyl (C=O) groups is 1. The van der Waals surface area contributed by atoms with Gasteiger partial charge in [0.2, 0.25) is 0 Å². The summed E-state index contributed by atoms with van der Waals surface area (Å²) in [7, 11) is 0. The van der Waals surface area contributed by atoms with Gasteiger partial charge in [-0.15, -0.1) is 11.6 Å². The number of nitrogens with one attached hydrogen (secondary N) is 1. The van der Waals surface area contributed by atoms with Gasteiger partial charge in [-0.3, -0.25) is 4.79 Å². The van der Waals surface area contributed by atoms with Crippen LogP contribution in [0.25, 0.3) is 0 Å². The molecule has 0 fully saturated rings. The first-order valence-electron chi connectivity index (χ1n) is 3.55. The van der Waals surface area contributed by atoms with E-state index in [1.807, 2.05) is 0 Å². The molecule has 0 aliphatic heterocycles. The standard InChI is InChI=1S/C7H7BrClN3O/c8-5-3-10-4-12-6(5)7(13)11-2-1-9/h3-4H,1-2H2,(H,11,13). The van der Waals surface area contributed by atoms with Crippen LogP contribution in [0.15, 0.2) is 17.0 Å². The van der Waals surface area contributed by atoms with Gasteiger partial charge in [-0.1, -0.05) is 0 Å². The molecular weight excluding hydrogens is 257 g/mol. The highest BCUT2D eigenvalue weighted by Crippen LogP contribution is 2.10. The zero-order valence-electron chi connectivity index (χ0n) is 6.63. The normalized spacial score (nSPS) is 9.69. The van der Waals surface area contributed by atoms with E-state index in [-0.39, 0.29) is 5.91 Å². The molecule has 0 saturated heterocycles.